The standard InChI is InChI=1S/C14H16O2/c1-2-5-12-6-3-4-7-14(12)16-10-13(15)11-8-9-11/h2-4,6-7,11H,1,5,8-10H2. The van der Waals surface area contributed by atoms with E-state index in [1.807, 2.05) is 30.3 Å². The molecule has 84 valence electrons. The van der Waals surface area contributed by atoms with Gasteiger partial charge in [-0.05, 0) is 30.9 Å². The van der Waals surface area contributed by atoms with Crippen molar-refractivity contribution in [1.82, 2.24) is 0 Å². The van der Waals surface area contributed by atoms with Gasteiger partial charge in [0.05, 0.1) is 0 Å². The second-order valence-corrected chi connectivity index (χ2v) is 4.13. The SMILES string of the molecule is C=CCc1ccccc1OCC(=O)C1CC1. The first-order valence-corrected chi connectivity index (χ1v) is 5.65. The maximum Gasteiger partial charge on any atom is 0.173 e. The third-order valence-corrected chi connectivity index (χ3v) is 2.74. The van der Waals surface area contributed by atoms with E-state index in [4.69, 9.17) is 4.74 Å². The van der Waals surface area contributed by atoms with Crippen molar-refractivity contribution < 1.29 is 9.53 Å². The molecule has 1 fully saturated rings. The number of hydrogen-bond acceptors (Lipinski definition) is 2. The molecule has 1 saturated carbocycles. The van der Waals surface area contributed by atoms with Gasteiger partial charge in [0.2, 0.25) is 0 Å². The van der Waals surface area contributed by atoms with Gasteiger partial charge in [0, 0.05) is 5.92 Å². The van der Waals surface area contributed by atoms with Gasteiger partial charge in [-0.25, -0.2) is 0 Å². The molecule has 2 rings (SSSR count). The van der Waals surface area contributed by atoms with E-state index in [1.54, 1.807) is 0 Å². The van der Waals surface area contributed by atoms with Gasteiger partial charge < -0.3 is 4.74 Å². The van der Waals surface area contributed by atoms with Crippen LogP contribution < -0.4 is 4.74 Å². The Morgan fingerprint density at radius 3 is 2.88 bits per heavy atom. The first-order valence-electron chi connectivity index (χ1n) is 5.65. The largest absolute Gasteiger partial charge is 0.486 e. The molecule has 0 unspecified atom stereocenters. The molecule has 0 aromatic heterocycles. The van der Waals surface area contributed by atoms with Gasteiger partial charge in [-0.2, -0.15) is 0 Å². The molecule has 0 heterocycles. The Hall–Kier alpha value is -1.57. The number of carbonyl (C=O) groups is 1. The van der Waals surface area contributed by atoms with Crippen molar-refractivity contribution in [2.24, 2.45) is 5.92 Å². The van der Waals surface area contributed by atoms with Crippen LogP contribution in [-0.4, -0.2) is 12.4 Å². The van der Waals surface area contributed by atoms with E-state index >= 15 is 0 Å². The van der Waals surface area contributed by atoms with Crippen LogP contribution in [0, 0.1) is 5.92 Å². The van der Waals surface area contributed by atoms with Gasteiger partial charge in [0.25, 0.3) is 0 Å². The Balaban J connectivity index is 1.96. The average molecular weight is 216 g/mol. The highest BCUT2D eigenvalue weighted by Crippen LogP contribution is 2.30. The summed E-state index contributed by atoms with van der Waals surface area (Å²) in [7, 11) is 0. The van der Waals surface area contributed by atoms with Crippen LogP contribution in [0.15, 0.2) is 36.9 Å². The van der Waals surface area contributed by atoms with Crippen LogP contribution in [0.25, 0.3) is 0 Å². The number of ether oxygens (including phenoxy) is 1. The Bertz CT molecular complexity index is 391. The second kappa shape index (κ2) is 4.97. The summed E-state index contributed by atoms with van der Waals surface area (Å²) in [4.78, 5) is 11.5. The number of hydrogen-bond donors (Lipinski definition) is 0. The summed E-state index contributed by atoms with van der Waals surface area (Å²) < 4.78 is 5.56. The lowest BCUT2D eigenvalue weighted by Gasteiger charge is -2.09. The van der Waals surface area contributed by atoms with Crippen LogP contribution in [-0.2, 0) is 11.2 Å². The van der Waals surface area contributed by atoms with Crippen LogP contribution in [0.4, 0.5) is 0 Å². The maximum absolute atomic E-state index is 11.5. The van der Waals surface area contributed by atoms with Gasteiger partial charge >= 0.3 is 0 Å². The highest BCUT2D eigenvalue weighted by Gasteiger charge is 2.29. The molecular weight excluding hydrogens is 200 g/mol. The van der Waals surface area contributed by atoms with E-state index in [9.17, 15) is 4.79 Å². The average Bonchev–Trinajstić information content (AvgIpc) is 3.12. The number of Topliss-reactive ketones (excluding diaryl/α,β-unsaturated/α-hetero) is 1. The number of rotatable bonds is 6. The minimum absolute atomic E-state index is 0.207. The molecule has 1 aromatic carbocycles. The van der Waals surface area contributed by atoms with Crippen molar-refractivity contribution >= 4 is 5.78 Å². The second-order valence-electron chi connectivity index (χ2n) is 4.13. The topological polar surface area (TPSA) is 26.3 Å². The Morgan fingerprint density at radius 1 is 1.44 bits per heavy atom. The molecule has 0 atom stereocenters. The first kappa shape index (κ1) is 10.9. The lowest BCUT2D eigenvalue weighted by atomic mass is 10.1. The summed E-state index contributed by atoms with van der Waals surface area (Å²) in [6.07, 6.45) is 4.69. The van der Waals surface area contributed by atoms with E-state index in [-0.39, 0.29) is 18.3 Å². The number of para-hydroxylation sites is 1. The van der Waals surface area contributed by atoms with Crippen molar-refractivity contribution in [3.63, 3.8) is 0 Å². The zero-order valence-electron chi connectivity index (χ0n) is 9.32. The molecule has 1 aromatic rings. The highest BCUT2D eigenvalue weighted by molar-refractivity contribution is 5.84. The lowest BCUT2D eigenvalue weighted by molar-refractivity contribution is -0.122. The molecule has 1 aliphatic rings. The monoisotopic (exact) mass is 216 g/mol. The summed E-state index contributed by atoms with van der Waals surface area (Å²) in [5.74, 6) is 1.30. The zero-order chi connectivity index (χ0) is 11.4. The number of ketones is 1. The van der Waals surface area contributed by atoms with Crippen LogP contribution in [0.1, 0.15) is 18.4 Å². The Kier molecular flexibility index (Phi) is 3.40. The molecular formula is C14H16O2. The normalized spacial score (nSPS) is 14.5. The Morgan fingerprint density at radius 2 is 2.19 bits per heavy atom. The van der Waals surface area contributed by atoms with E-state index in [0.717, 1.165) is 30.6 Å². The number of carbonyl (C=O) groups excluding carboxylic acids is 1. The predicted molar refractivity (Wildman–Crippen MR) is 63.6 cm³/mol. The molecule has 0 aliphatic heterocycles. The van der Waals surface area contributed by atoms with Crippen LogP contribution >= 0.6 is 0 Å². The summed E-state index contributed by atoms with van der Waals surface area (Å²) >= 11 is 0. The Labute approximate surface area is 95.9 Å². The number of benzene rings is 1. The fourth-order valence-corrected chi connectivity index (χ4v) is 1.64. The molecule has 2 nitrogen and oxygen atoms in total. The van der Waals surface area contributed by atoms with Crippen molar-refractivity contribution in [1.29, 1.82) is 0 Å². The summed E-state index contributed by atoms with van der Waals surface area (Å²) in [5.41, 5.74) is 1.08. The third-order valence-electron chi connectivity index (χ3n) is 2.74. The summed E-state index contributed by atoms with van der Waals surface area (Å²) in [5, 5.41) is 0. The molecule has 0 radical (unpaired) electrons. The van der Waals surface area contributed by atoms with Crippen LogP contribution in [0.2, 0.25) is 0 Å². The predicted octanol–water partition coefficient (Wildman–Crippen LogP) is 2.77. The van der Waals surface area contributed by atoms with Gasteiger partial charge in [0.15, 0.2) is 5.78 Å². The van der Waals surface area contributed by atoms with Crippen molar-refractivity contribution in [3.8, 4) is 5.75 Å². The summed E-state index contributed by atoms with van der Waals surface area (Å²) in [6.45, 7) is 3.92. The highest BCUT2D eigenvalue weighted by atomic mass is 16.5. The quantitative estimate of drug-likeness (QED) is 0.683. The van der Waals surface area contributed by atoms with E-state index in [0.29, 0.717) is 0 Å². The van der Waals surface area contributed by atoms with Crippen LogP contribution in [0.5, 0.6) is 5.75 Å². The molecule has 2 heteroatoms. The molecule has 0 bridgehead atoms. The molecule has 0 N–H and O–H groups in total. The van der Waals surface area contributed by atoms with Gasteiger partial charge in [-0.3, -0.25) is 4.79 Å². The lowest BCUT2D eigenvalue weighted by Crippen LogP contribution is -2.13. The molecule has 0 spiro atoms. The minimum atomic E-state index is 0.207. The minimum Gasteiger partial charge on any atom is -0.486 e. The van der Waals surface area contributed by atoms with Crippen LogP contribution in [0.3, 0.4) is 0 Å². The van der Waals surface area contributed by atoms with Crippen molar-refractivity contribution in [2.75, 3.05) is 6.61 Å². The maximum atomic E-state index is 11.5. The molecule has 0 saturated heterocycles. The smallest absolute Gasteiger partial charge is 0.173 e. The van der Waals surface area contributed by atoms with Gasteiger partial charge in [0.1, 0.15) is 12.4 Å². The summed E-state index contributed by atoms with van der Waals surface area (Å²) in [6, 6.07) is 7.79. The number of allylic oxidation sites excluding steroid dienone is 1. The van der Waals surface area contributed by atoms with E-state index in [2.05, 4.69) is 6.58 Å². The van der Waals surface area contributed by atoms with Crippen molar-refractivity contribution in [3.05, 3.63) is 42.5 Å². The van der Waals surface area contributed by atoms with E-state index in [1.165, 1.54) is 0 Å². The molecule has 1 aliphatic carbocycles. The first-order chi connectivity index (χ1) is 7.81. The van der Waals surface area contributed by atoms with Crippen molar-refractivity contribution in [2.45, 2.75) is 19.3 Å². The molecule has 16 heavy (non-hydrogen) atoms. The fourth-order valence-electron chi connectivity index (χ4n) is 1.64. The fraction of sp³-hybridized carbons (Fsp3) is 0.357. The molecule has 0 amide bonds. The van der Waals surface area contributed by atoms with E-state index < -0.39 is 0 Å². The third kappa shape index (κ3) is 2.72. The van der Waals surface area contributed by atoms with Gasteiger partial charge in [-0.1, -0.05) is 24.3 Å². The van der Waals surface area contributed by atoms with Gasteiger partial charge in [-0.15, -0.1) is 6.58 Å². The zero-order valence-corrected chi connectivity index (χ0v) is 9.32.